The van der Waals surface area contributed by atoms with Crippen LogP contribution in [0.25, 0.3) is 0 Å². The molecule has 0 aliphatic carbocycles. The van der Waals surface area contributed by atoms with Crippen molar-refractivity contribution in [2.45, 2.75) is 302 Å². The first-order valence-corrected chi connectivity index (χ1v) is 27.9. The zero-order valence-corrected chi connectivity index (χ0v) is 42.7. The number of carbonyl (C=O) groups is 2. The third kappa shape index (κ3) is 46.4. The zero-order chi connectivity index (χ0) is 46.7. The highest BCUT2D eigenvalue weighted by molar-refractivity contribution is 5.77. The van der Waals surface area contributed by atoms with E-state index in [2.05, 4.69) is 74.7 Å². The van der Waals surface area contributed by atoms with Gasteiger partial charge in [-0.05, 0) is 89.9 Å². The normalized spacial score (nSPS) is 13.5. The summed E-state index contributed by atoms with van der Waals surface area (Å²) in [4.78, 5) is 26.2. The molecule has 1 amide bonds. The molecule has 0 aromatic heterocycles. The molecule has 3 atom stereocenters. The van der Waals surface area contributed by atoms with Gasteiger partial charge in [0.05, 0.1) is 25.2 Å². The van der Waals surface area contributed by atoms with Crippen molar-refractivity contribution < 1.29 is 24.5 Å². The van der Waals surface area contributed by atoms with Gasteiger partial charge in [0.25, 0.3) is 0 Å². The van der Waals surface area contributed by atoms with Gasteiger partial charge in [0.15, 0.2) is 0 Å². The highest BCUT2D eigenvalue weighted by Gasteiger charge is 2.24. The highest BCUT2D eigenvalue weighted by Crippen LogP contribution is 2.18. The van der Waals surface area contributed by atoms with Crippen LogP contribution in [0.15, 0.2) is 48.6 Å². The first kappa shape index (κ1) is 61.8. The van der Waals surface area contributed by atoms with E-state index in [9.17, 15) is 19.8 Å². The van der Waals surface area contributed by atoms with Crippen molar-refractivity contribution in [1.29, 1.82) is 0 Å². The molecule has 0 radical (unpaired) electrons. The molecule has 0 fully saturated rings. The topological polar surface area (TPSA) is 95.9 Å². The van der Waals surface area contributed by atoms with E-state index in [1.165, 1.54) is 148 Å². The van der Waals surface area contributed by atoms with E-state index >= 15 is 0 Å². The highest BCUT2D eigenvalue weighted by atomic mass is 16.5. The van der Waals surface area contributed by atoms with E-state index in [-0.39, 0.29) is 24.9 Å². The third-order valence-corrected chi connectivity index (χ3v) is 12.6. The van der Waals surface area contributed by atoms with Crippen LogP contribution in [0.3, 0.4) is 0 Å². The van der Waals surface area contributed by atoms with Crippen LogP contribution in [0.2, 0.25) is 0 Å². The molecule has 0 bridgehead atoms. The standard InChI is InChI=1S/C58H107NO5/c1-4-7-10-13-16-19-22-24-26-28-29-30-32-34-36-39-42-45-48-51-58(63)64-54(49-46-43-40-37-21-18-15-12-9-6-3)52-57(62)59-55(53-60)56(61)50-47-44-41-38-35-33-31-27-25-23-20-17-14-11-8-5-2/h16,18-19,21,24,26,29-30,54-56,60-61H,4-15,17,20,22-23,25,27-28,31-53H2,1-3H3,(H,59,62)/b19-16-,21-18-,26-24-,30-29-. The van der Waals surface area contributed by atoms with Crippen molar-refractivity contribution in [3.63, 3.8) is 0 Å². The number of aliphatic hydroxyl groups is 2. The van der Waals surface area contributed by atoms with Crippen LogP contribution < -0.4 is 5.32 Å². The summed E-state index contributed by atoms with van der Waals surface area (Å²) >= 11 is 0. The molecule has 0 aromatic carbocycles. The molecule has 0 spiro atoms. The lowest BCUT2D eigenvalue weighted by atomic mass is 10.0. The minimum atomic E-state index is -0.794. The first-order valence-electron chi connectivity index (χ1n) is 27.9. The number of unbranched alkanes of at least 4 members (excludes halogenated alkanes) is 30. The van der Waals surface area contributed by atoms with Crippen LogP contribution in [0.4, 0.5) is 0 Å². The molecule has 0 aliphatic heterocycles. The maximum Gasteiger partial charge on any atom is 0.306 e. The molecule has 374 valence electrons. The molecular weight excluding hydrogens is 791 g/mol. The van der Waals surface area contributed by atoms with Crippen molar-refractivity contribution in [2.24, 2.45) is 0 Å². The summed E-state index contributed by atoms with van der Waals surface area (Å²) in [6.07, 6.45) is 63.2. The number of amides is 1. The van der Waals surface area contributed by atoms with Crippen LogP contribution in [-0.2, 0) is 14.3 Å². The fraction of sp³-hybridized carbons (Fsp3) is 0.828. The number of hydrogen-bond acceptors (Lipinski definition) is 5. The second kappa shape index (κ2) is 51.8. The average molecular weight is 898 g/mol. The fourth-order valence-corrected chi connectivity index (χ4v) is 8.37. The van der Waals surface area contributed by atoms with Gasteiger partial charge >= 0.3 is 5.97 Å². The number of rotatable bonds is 50. The van der Waals surface area contributed by atoms with E-state index in [0.717, 1.165) is 89.9 Å². The van der Waals surface area contributed by atoms with Crippen LogP contribution in [0, 0.1) is 0 Å². The van der Waals surface area contributed by atoms with Crippen molar-refractivity contribution in [3.05, 3.63) is 48.6 Å². The summed E-state index contributed by atoms with van der Waals surface area (Å²) in [5.74, 6) is -0.498. The lowest BCUT2D eigenvalue weighted by Gasteiger charge is -2.24. The SMILES string of the molecule is CCCCC/C=C\C/C=C\C/C=C\CCCCCCCCC(=O)OC(CCCCC/C=C\CCCCC)CC(=O)NC(CO)C(O)CCCCCCCCCCCCCCCCCC. The predicted octanol–water partition coefficient (Wildman–Crippen LogP) is 17.0. The second-order valence-electron chi connectivity index (χ2n) is 19.0. The number of aliphatic hydroxyl groups excluding tert-OH is 2. The fourth-order valence-electron chi connectivity index (χ4n) is 8.37. The molecule has 3 N–H and O–H groups in total. The molecular formula is C58H107NO5. The Hall–Kier alpha value is -2.18. The van der Waals surface area contributed by atoms with Crippen LogP contribution in [-0.4, -0.2) is 46.9 Å². The number of nitrogens with one attached hydrogen (secondary N) is 1. The van der Waals surface area contributed by atoms with E-state index in [4.69, 9.17) is 4.74 Å². The number of allylic oxidation sites excluding steroid dienone is 8. The first-order chi connectivity index (χ1) is 31.5. The van der Waals surface area contributed by atoms with Crippen LogP contribution in [0.1, 0.15) is 284 Å². The molecule has 64 heavy (non-hydrogen) atoms. The summed E-state index contributed by atoms with van der Waals surface area (Å²) in [6.45, 7) is 6.44. The van der Waals surface area contributed by atoms with E-state index in [0.29, 0.717) is 19.3 Å². The van der Waals surface area contributed by atoms with E-state index in [1.54, 1.807) is 0 Å². The van der Waals surface area contributed by atoms with Gasteiger partial charge in [0.1, 0.15) is 6.10 Å². The van der Waals surface area contributed by atoms with Gasteiger partial charge in [-0.15, -0.1) is 0 Å². The molecule has 0 aliphatic rings. The number of esters is 1. The molecule has 0 aromatic rings. The quantitative estimate of drug-likeness (QED) is 0.0321. The van der Waals surface area contributed by atoms with Crippen molar-refractivity contribution in [3.8, 4) is 0 Å². The number of hydrogen-bond donors (Lipinski definition) is 3. The zero-order valence-electron chi connectivity index (χ0n) is 42.7. The van der Waals surface area contributed by atoms with Crippen LogP contribution in [0.5, 0.6) is 0 Å². The van der Waals surface area contributed by atoms with Crippen molar-refractivity contribution >= 4 is 11.9 Å². The van der Waals surface area contributed by atoms with E-state index in [1.807, 2.05) is 0 Å². The van der Waals surface area contributed by atoms with Gasteiger partial charge in [-0.1, -0.05) is 230 Å². The Labute approximate surface area is 397 Å². The van der Waals surface area contributed by atoms with Gasteiger partial charge in [-0.3, -0.25) is 9.59 Å². The molecule has 0 heterocycles. The molecule has 0 saturated carbocycles. The monoisotopic (exact) mass is 898 g/mol. The lowest BCUT2D eigenvalue weighted by Crippen LogP contribution is -2.46. The van der Waals surface area contributed by atoms with Crippen LogP contribution >= 0.6 is 0 Å². The Bertz CT molecular complexity index is 1100. The summed E-state index contributed by atoms with van der Waals surface area (Å²) in [5.41, 5.74) is 0. The van der Waals surface area contributed by atoms with Crippen molar-refractivity contribution in [1.82, 2.24) is 5.32 Å². The molecule has 6 nitrogen and oxygen atoms in total. The Morgan fingerprint density at radius 3 is 1.27 bits per heavy atom. The van der Waals surface area contributed by atoms with Gasteiger partial charge in [0, 0.05) is 6.42 Å². The predicted molar refractivity (Wildman–Crippen MR) is 278 cm³/mol. The minimum absolute atomic E-state index is 0.0621. The summed E-state index contributed by atoms with van der Waals surface area (Å²) in [7, 11) is 0. The molecule has 0 saturated heterocycles. The molecule has 6 heteroatoms. The molecule has 3 unspecified atom stereocenters. The Kier molecular flexibility index (Phi) is 50.0. The Morgan fingerprint density at radius 2 is 0.797 bits per heavy atom. The Balaban J connectivity index is 4.46. The largest absolute Gasteiger partial charge is 0.462 e. The van der Waals surface area contributed by atoms with Gasteiger partial charge in [0.2, 0.25) is 5.91 Å². The Morgan fingerprint density at radius 1 is 0.453 bits per heavy atom. The van der Waals surface area contributed by atoms with Gasteiger partial charge in [-0.2, -0.15) is 0 Å². The number of carbonyl (C=O) groups excluding carboxylic acids is 2. The smallest absolute Gasteiger partial charge is 0.306 e. The van der Waals surface area contributed by atoms with Gasteiger partial charge < -0.3 is 20.3 Å². The second-order valence-corrected chi connectivity index (χ2v) is 19.0. The average Bonchev–Trinajstić information content (AvgIpc) is 3.29. The van der Waals surface area contributed by atoms with E-state index < -0.39 is 18.2 Å². The summed E-state index contributed by atoms with van der Waals surface area (Å²) in [6, 6.07) is -0.708. The lowest BCUT2D eigenvalue weighted by molar-refractivity contribution is -0.151. The summed E-state index contributed by atoms with van der Waals surface area (Å²) in [5, 5.41) is 23.8. The third-order valence-electron chi connectivity index (χ3n) is 12.6. The maximum atomic E-state index is 13.2. The minimum Gasteiger partial charge on any atom is -0.462 e. The number of ether oxygens (including phenoxy) is 1. The van der Waals surface area contributed by atoms with Gasteiger partial charge in [-0.25, -0.2) is 0 Å². The summed E-state index contributed by atoms with van der Waals surface area (Å²) < 4.78 is 5.93. The maximum absolute atomic E-state index is 13.2. The van der Waals surface area contributed by atoms with Crippen molar-refractivity contribution in [2.75, 3.05) is 6.61 Å². The molecule has 0 rings (SSSR count).